The van der Waals surface area contributed by atoms with Crippen molar-refractivity contribution in [2.45, 2.75) is 297 Å². The number of carbonyl (C=O) groups excluding carboxylic acids is 4. The van der Waals surface area contributed by atoms with Gasteiger partial charge in [-0.3, -0.25) is 37.3 Å². The molecule has 0 radical (unpaired) electrons. The Morgan fingerprint density at radius 3 is 0.987 bits per heavy atom. The average molecular weight is 1140 g/mol. The number of hydrogen-bond acceptors (Lipinski definition) is 15. The summed E-state index contributed by atoms with van der Waals surface area (Å²) >= 11 is 0. The maximum Gasteiger partial charge on any atom is 0.472 e. The molecule has 0 bridgehead atoms. The van der Waals surface area contributed by atoms with E-state index in [9.17, 15) is 43.2 Å². The number of phosphoric ester groups is 2. The molecule has 3 unspecified atom stereocenters. The molecule has 0 aromatic carbocycles. The highest BCUT2D eigenvalue weighted by Gasteiger charge is 2.30. The van der Waals surface area contributed by atoms with Crippen LogP contribution in [0.4, 0.5) is 0 Å². The smallest absolute Gasteiger partial charge is 0.462 e. The number of aliphatic hydroxyl groups excluding tert-OH is 1. The Bertz CT molecular complexity index is 1530. The first-order chi connectivity index (χ1) is 36.9. The minimum atomic E-state index is -4.94. The Kier molecular flexibility index (Phi) is 49.7. The number of carbonyl (C=O) groups is 4. The fraction of sp³-hybridized carbons (Fsp3) is 0.931. The Balaban J connectivity index is 5.23. The maximum atomic E-state index is 12.9. The lowest BCUT2D eigenvalue weighted by Gasteiger charge is -2.21. The van der Waals surface area contributed by atoms with Gasteiger partial charge in [0.2, 0.25) is 0 Å². The lowest BCUT2D eigenvalue weighted by atomic mass is 10.00. The van der Waals surface area contributed by atoms with Crippen molar-refractivity contribution < 1.29 is 80.2 Å². The van der Waals surface area contributed by atoms with Crippen LogP contribution in [-0.2, 0) is 65.4 Å². The summed E-state index contributed by atoms with van der Waals surface area (Å²) in [7, 11) is -9.87. The quantitative estimate of drug-likeness (QED) is 0.0222. The van der Waals surface area contributed by atoms with Crippen molar-refractivity contribution in [3.8, 4) is 0 Å². The maximum absolute atomic E-state index is 12.9. The van der Waals surface area contributed by atoms with E-state index in [-0.39, 0.29) is 25.7 Å². The van der Waals surface area contributed by atoms with Crippen molar-refractivity contribution in [2.75, 3.05) is 39.6 Å². The molecule has 3 N–H and O–H groups in total. The third-order valence-corrected chi connectivity index (χ3v) is 15.5. The summed E-state index contributed by atoms with van der Waals surface area (Å²) in [6.07, 6.45) is 30.9. The molecule has 456 valence electrons. The van der Waals surface area contributed by atoms with E-state index >= 15 is 0 Å². The predicted octanol–water partition coefficient (Wildman–Crippen LogP) is 15.3. The summed E-state index contributed by atoms with van der Waals surface area (Å²) in [6.45, 7) is 9.27. The van der Waals surface area contributed by atoms with Crippen molar-refractivity contribution in [1.82, 2.24) is 0 Å². The van der Waals surface area contributed by atoms with Gasteiger partial charge in [-0.05, 0) is 37.5 Å². The van der Waals surface area contributed by atoms with Crippen LogP contribution in [0, 0.1) is 11.8 Å². The molecule has 0 aromatic rings. The molecule has 17 nitrogen and oxygen atoms in total. The first kappa shape index (κ1) is 75.1. The molecule has 0 saturated heterocycles. The van der Waals surface area contributed by atoms with Crippen LogP contribution in [0.25, 0.3) is 0 Å². The van der Waals surface area contributed by atoms with Crippen LogP contribution < -0.4 is 0 Å². The Morgan fingerprint density at radius 1 is 0.377 bits per heavy atom. The van der Waals surface area contributed by atoms with Crippen molar-refractivity contribution in [3.05, 3.63) is 0 Å². The van der Waals surface area contributed by atoms with Crippen LogP contribution in [0.15, 0.2) is 0 Å². The molecule has 77 heavy (non-hydrogen) atoms. The summed E-state index contributed by atoms with van der Waals surface area (Å²) in [5.41, 5.74) is 0. The number of rotatable bonds is 57. The van der Waals surface area contributed by atoms with E-state index in [0.29, 0.717) is 31.6 Å². The monoisotopic (exact) mass is 1140 g/mol. The molecule has 0 saturated carbocycles. The molecule has 0 amide bonds. The first-order valence-corrected chi connectivity index (χ1v) is 33.5. The van der Waals surface area contributed by atoms with Crippen LogP contribution >= 0.6 is 15.6 Å². The minimum Gasteiger partial charge on any atom is -0.462 e. The van der Waals surface area contributed by atoms with E-state index < -0.39 is 97.5 Å². The van der Waals surface area contributed by atoms with E-state index in [2.05, 4.69) is 41.5 Å². The zero-order chi connectivity index (χ0) is 57.3. The zero-order valence-electron chi connectivity index (χ0n) is 49.2. The van der Waals surface area contributed by atoms with Gasteiger partial charge in [-0.2, -0.15) is 0 Å². The van der Waals surface area contributed by atoms with Crippen LogP contribution in [-0.4, -0.2) is 96.7 Å². The summed E-state index contributed by atoms with van der Waals surface area (Å²) in [5, 5.41) is 10.5. The third kappa shape index (κ3) is 51.9. The molecule has 0 rings (SSSR count). The van der Waals surface area contributed by atoms with Gasteiger partial charge in [0.25, 0.3) is 0 Å². The normalized spacial score (nSPS) is 14.8. The van der Waals surface area contributed by atoms with Gasteiger partial charge in [-0.25, -0.2) is 9.13 Å². The number of unbranched alkanes of at least 4 members (excludes halogenated alkanes) is 26. The van der Waals surface area contributed by atoms with E-state index in [1.54, 1.807) is 0 Å². The summed E-state index contributed by atoms with van der Waals surface area (Å²) in [4.78, 5) is 71.8. The lowest BCUT2D eigenvalue weighted by Crippen LogP contribution is -2.30. The molecule has 0 aromatic heterocycles. The molecule has 0 aliphatic carbocycles. The van der Waals surface area contributed by atoms with Crippen molar-refractivity contribution in [3.63, 3.8) is 0 Å². The van der Waals surface area contributed by atoms with E-state index in [1.165, 1.54) is 89.9 Å². The van der Waals surface area contributed by atoms with Gasteiger partial charge >= 0.3 is 39.5 Å². The van der Waals surface area contributed by atoms with E-state index in [4.69, 9.17) is 37.0 Å². The molecule has 0 aliphatic heterocycles. The molecular weight excluding hydrogens is 1030 g/mol. The number of aliphatic hydroxyl groups is 1. The standard InChI is InChI=1S/C58H112O17P2/c1-7-10-12-14-16-18-19-21-29-35-41-56(61)69-47-54(75-58(63)43-37-31-25-23-27-33-39-51(6)9-3)49-73-77(66,67)71-45-52(59)44-70-76(64,65)72-48-53(46-68-55(60)40-34-28-20-17-15-13-11-8-2)74-57(62)42-36-30-24-22-26-32-38-50(4)5/h50-54,59H,7-49H2,1-6H3,(H,64,65)(H,66,67)/t51?,52-,53+,54+/m0/s1. The number of hydrogen-bond donors (Lipinski definition) is 3. The Morgan fingerprint density at radius 2 is 0.662 bits per heavy atom. The van der Waals surface area contributed by atoms with Gasteiger partial charge in [0.1, 0.15) is 19.3 Å². The van der Waals surface area contributed by atoms with E-state index in [1.807, 2.05) is 0 Å². The largest absolute Gasteiger partial charge is 0.472 e. The second kappa shape index (κ2) is 51.0. The highest BCUT2D eigenvalue weighted by Crippen LogP contribution is 2.45. The van der Waals surface area contributed by atoms with Gasteiger partial charge in [0, 0.05) is 25.7 Å². The van der Waals surface area contributed by atoms with Gasteiger partial charge in [-0.1, -0.05) is 228 Å². The topological polar surface area (TPSA) is 237 Å². The summed E-state index contributed by atoms with van der Waals surface area (Å²) in [5.74, 6) is -0.762. The van der Waals surface area contributed by atoms with Gasteiger partial charge in [0.05, 0.1) is 26.4 Å². The third-order valence-electron chi connectivity index (χ3n) is 13.6. The van der Waals surface area contributed by atoms with Crippen LogP contribution in [0.2, 0.25) is 0 Å². The second-order valence-electron chi connectivity index (χ2n) is 21.7. The second-order valence-corrected chi connectivity index (χ2v) is 24.7. The van der Waals surface area contributed by atoms with Gasteiger partial charge in [-0.15, -0.1) is 0 Å². The molecule has 0 spiro atoms. The van der Waals surface area contributed by atoms with Crippen LogP contribution in [0.5, 0.6) is 0 Å². The molecule has 0 fully saturated rings. The number of esters is 4. The molecule has 6 atom stereocenters. The van der Waals surface area contributed by atoms with Crippen LogP contribution in [0.3, 0.4) is 0 Å². The van der Waals surface area contributed by atoms with Crippen molar-refractivity contribution in [2.24, 2.45) is 11.8 Å². The van der Waals surface area contributed by atoms with Gasteiger partial charge < -0.3 is 33.8 Å². The Hall–Kier alpha value is -1.94. The predicted molar refractivity (Wildman–Crippen MR) is 303 cm³/mol. The number of ether oxygens (including phenoxy) is 4. The highest BCUT2D eigenvalue weighted by molar-refractivity contribution is 7.47. The minimum absolute atomic E-state index is 0.102. The zero-order valence-corrected chi connectivity index (χ0v) is 51.0. The van der Waals surface area contributed by atoms with Crippen molar-refractivity contribution in [1.29, 1.82) is 0 Å². The van der Waals surface area contributed by atoms with Crippen molar-refractivity contribution >= 4 is 39.5 Å². The molecule has 19 heteroatoms. The summed E-state index contributed by atoms with van der Waals surface area (Å²) < 4.78 is 67.6. The molecule has 0 aliphatic rings. The Labute approximate surface area is 467 Å². The van der Waals surface area contributed by atoms with E-state index in [0.717, 1.165) is 102 Å². The summed E-state index contributed by atoms with van der Waals surface area (Å²) in [6, 6.07) is 0. The van der Waals surface area contributed by atoms with Crippen LogP contribution in [0.1, 0.15) is 279 Å². The fourth-order valence-electron chi connectivity index (χ4n) is 8.44. The highest BCUT2D eigenvalue weighted by atomic mass is 31.2. The average Bonchev–Trinajstić information content (AvgIpc) is 3.39. The SMILES string of the molecule is CCCCCCCCCCCCC(=O)OC[C@H](COP(=O)(O)OC[C@@H](O)COP(=O)(O)OC[C@@H](COC(=O)CCCCCCCCCC)OC(=O)CCCCCCCCC(C)C)OC(=O)CCCCCCCCC(C)CC. The first-order valence-electron chi connectivity index (χ1n) is 30.5. The molecular formula is C58H112O17P2. The number of phosphoric acid groups is 2. The lowest BCUT2D eigenvalue weighted by molar-refractivity contribution is -0.161. The fourth-order valence-corrected chi connectivity index (χ4v) is 10.0. The van der Waals surface area contributed by atoms with Gasteiger partial charge in [0.15, 0.2) is 12.2 Å². The molecule has 0 heterocycles.